The number of hydrogen-bond acceptors (Lipinski definition) is 2. The molecule has 0 aliphatic carbocycles. The van der Waals surface area contributed by atoms with Gasteiger partial charge in [-0.1, -0.05) is 12.1 Å². The van der Waals surface area contributed by atoms with E-state index in [4.69, 9.17) is 9.47 Å². The third-order valence-corrected chi connectivity index (χ3v) is 2.99. The van der Waals surface area contributed by atoms with E-state index in [1.807, 2.05) is 12.1 Å². The number of epoxide rings is 1. The van der Waals surface area contributed by atoms with Gasteiger partial charge in [-0.2, -0.15) is 0 Å². The molecule has 0 aromatic heterocycles. The van der Waals surface area contributed by atoms with Gasteiger partial charge in [-0.15, -0.1) is 0 Å². The fraction of sp³-hybridized carbons (Fsp3) is 0.538. The van der Waals surface area contributed by atoms with Gasteiger partial charge in [0.25, 0.3) is 0 Å². The SMILES string of the molecule is COc1cccc(CCC2OC2(C)C)c1. The minimum atomic E-state index is 0.110. The van der Waals surface area contributed by atoms with Crippen LogP contribution in [-0.4, -0.2) is 18.8 Å². The Morgan fingerprint density at radius 2 is 2.13 bits per heavy atom. The molecule has 1 heterocycles. The Bertz CT molecular complexity index is 344. The quantitative estimate of drug-likeness (QED) is 0.706. The molecule has 15 heavy (non-hydrogen) atoms. The fourth-order valence-electron chi connectivity index (χ4n) is 1.86. The summed E-state index contributed by atoms with van der Waals surface area (Å²) in [4.78, 5) is 0. The van der Waals surface area contributed by atoms with Crippen molar-refractivity contribution in [2.75, 3.05) is 7.11 Å². The first-order valence-electron chi connectivity index (χ1n) is 5.42. The molecule has 0 saturated carbocycles. The molecular weight excluding hydrogens is 188 g/mol. The molecule has 1 saturated heterocycles. The molecule has 0 amide bonds. The molecule has 1 aromatic carbocycles. The molecule has 1 unspecified atom stereocenters. The third-order valence-electron chi connectivity index (χ3n) is 2.99. The van der Waals surface area contributed by atoms with E-state index in [-0.39, 0.29) is 5.60 Å². The Kier molecular flexibility index (Phi) is 2.70. The van der Waals surface area contributed by atoms with E-state index in [1.54, 1.807) is 7.11 Å². The third kappa shape index (κ3) is 2.51. The van der Waals surface area contributed by atoms with Crippen LogP contribution in [0.3, 0.4) is 0 Å². The molecule has 1 aromatic rings. The fourth-order valence-corrected chi connectivity index (χ4v) is 1.86. The standard InChI is InChI=1S/C13H18O2/c1-13(2)12(15-13)8-7-10-5-4-6-11(9-10)14-3/h4-6,9,12H,7-8H2,1-3H3. The van der Waals surface area contributed by atoms with Crippen LogP contribution in [0.4, 0.5) is 0 Å². The van der Waals surface area contributed by atoms with Crippen LogP contribution in [0.5, 0.6) is 5.75 Å². The Labute approximate surface area is 91.2 Å². The Balaban J connectivity index is 1.88. The Hall–Kier alpha value is -1.02. The number of aryl methyl sites for hydroxylation is 1. The maximum absolute atomic E-state index is 5.55. The second kappa shape index (κ2) is 3.86. The van der Waals surface area contributed by atoms with E-state index in [1.165, 1.54) is 5.56 Å². The highest BCUT2D eigenvalue weighted by Gasteiger charge is 2.46. The van der Waals surface area contributed by atoms with Crippen LogP contribution in [0.1, 0.15) is 25.8 Å². The number of methoxy groups -OCH3 is 1. The summed E-state index contributed by atoms with van der Waals surface area (Å²) in [6.07, 6.45) is 2.59. The largest absolute Gasteiger partial charge is 0.497 e. The van der Waals surface area contributed by atoms with Gasteiger partial charge >= 0.3 is 0 Å². The number of benzene rings is 1. The van der Waals surface area contributed by atoms with Crippen molar-refractivity contribution in [1.29, 1.82) is 0 Å². The van der Waals surface area contributed by atoms with Gasteiger partial charge < -0.3 is 9.47 Å². The van der Waals surface area contributed by atoms with Crippen LogP contribution in [0, 0.1) is 0 Å². The molecule has 2 nitrogen and oxygen atoms in total. The summed E-state index contributed by atoms with van der Waals surface area (Å²) in [6.45, 7) is 4.28. The maximum Gasteiger partial charge on any atom is 0.119 e. The molecule has 0 bridgehead atoms. The number of hydrogen-bond donors (Lipinski definition) is 0. The molecule has 0 radical (unpaired) electrons. The van der Waals surface area contributed by atoms with Gasteiger partial charge in [0.05, 0.1) is 18.8 Å². The smallest absolute Gasteiger partial charge is 0.119 e. The van der Waals surface area contributed by atoms with Crippen LogP contribution in [0.25, 0.3) is 0 Å². The van der Waals surface area contributed by atoms with Crippen LogP contribution in [0.15, 0.2) is 24.3 Å². The minimum absolute atomic E-state index is 0.110. The molecule has 82 valence electrons. The van der Waals surface area contributed by atoms with Crippen molar-refractivity contribution in [3.8, 4) is 5.75 Å². The summed E-state index contributed by atoms with van der Waals surface area (Å²) in [7, 11) is 1.70. The minimum Gasteiger partial charge on any atom is -0.497 e. The molecule has 2 heteroatoms. The lowest BCUT2D eigenvalue weighted by atomic mass is 10.0. The summed E-state index contributed by atoms with van der Waals surface area (Å²) in [5.74, 6) is 0.934. The average molecular weight is 206 g/mol. The predicted molar refractivity (Wildman–Crippen MR) is 60.3 cm³/mol. The second-order valence-corrected chi connectivity index (χ2v) is 4.60. The Morgan fingerprint density at radius 1 is 1.40 bits per heavy atom. The van der Waals surface area contributed by atoms with Crippen molar-refractivity contribution >= 4 is 0 Å². The molecule has 1 aliphatic rings. The monoisotopic (exact) mass is 206 g/mol. The van der Waals surface area contributed by atoms with Gasteiger partial charge in [0.15, 0.2) is 0 Å². The number of rotatable bonds is 4. The van der Waals surface area contributed by atoms with Gasteiger partial charge in [0, 0.05) is 0 Å². The van der Waals surface area contributed by atoms with Crippen LogP contribution >= 0.6 is 0 Å². The number of ether oxygens (including phenoxy) is 2. The lowest BCUT2D eigenvalue weighted by Crippen LogP contribution is -2.03. The molecule has 0 N–H and O–H groups in total. The van der Waals surface area contributed by atoms with E-state index in [9.17, 15) is 0 Å². The lowest BCUT2D eigenvalue weighted by Gasteiger charge is -2.03. The van der Waals surface area contributed by atoms with E-state index in [0.29, 0.717) is 6.10 Å². The molecule has 1 atom stereocenters. The van der Waals surface area contributed by atoms with Crippen LogP contribution in [0.2, 0.25) is 0 Å². The van der Waals surface area contributed by atoms with E-state index in [0.717, 1.165) is 18.6 Å². The van der Waals surface area contributed by atoms with Crippen molar-refractivity contribution in [2.24, 2.45) is 0 Å². The van der Waals surface area contributed by atoms with Crippen molar-refractivity contribution in [3.63, 3.8) is 0 Å². The van der Waals surface area contributed by atoms with Crippen molar-refractivity contribution in [3.05, 3.63) is 29.8 Å². The van der Waals surface area contributed by atoms with Gasteiger partial charge in [-0.25, -0.2) is 0 Å². The van der Waals surface area contributed by atoms with Gasteiger partial charge in [-0.05, 0) is 44.4 Å². The topological polar surface area (TPSA) is 21.8 Å². The van der Waals surface area contributed by atoms with Crippen molar-refractivity contribution in [2.45, 2.75) is 38.4 Å². The van der Waals surface area contributed by atoms with Gasteiger partial charge in [0.2, 0.25) is 0 Å². The first-order valence-corrected chi connectivity index (χ1v) is 5.42. The van der Waals surface area contributed by atoms with Crippen molar-refractivity contribution in [1.82, 2.24) is 0 Å². The zero-order valence-electron chi connectivity index (χ0n) is 9.62. The highest BCUT2D eigenvalue weighted by molar-refractivity contribution is 5.28. The molecule has 1 fully saturated rings. The summed E-state index contributed by atoms with van der Waals surface area (Å²) in [5.41, 5.74) is 1.43. The van der Waals surface area contributed by atoms with Crippen molar-refractivity contribution < 1.29 is 9.47 Å². The van der Waals surface area contributed by atoms with Crippen LogP contribution in [-0.2, 0) is 11.2 Å². The molecule has 1 aliphatic heterocycles. The highest BCUT2D eigenvalue weighted by Crippen LogP contribution is 2.38. The Morgan fingerprint density at radius 3 is 2.73 bits per heavy atom. The normalized spacial score (nSPS) is 22.5. The van der Waals surface area contributed by atoms with Gasteiger partial charge in [0.1, 0.15) is 5.75 Å². The zero-order chi connectivity index (χ0) is 10.9. The van der Waals surface area contributed by atoms with Gasteiger partial charge in [-0.3, -0.25) is 0 Å². The predicted octanol–water partition coefficient (Wildman–Crippen LogP) is 2.81. The van der Waals surface area contributed by atoms with E-state index in [2.05, 4.69) is 26.0 Å². The maximum atomic E-state index is 5.55. The molecular formula is C13H18O2. The van der Waals surface area contributed by atoms with E-state index >= 15 is 0 Å². The summed E-state index contributed by atoms with van der Waals surface area (Å²) in [5, 5.41) is 0. The van der Waals surface area contributed by atoms with E-state index < -0.39 is 0 Å². The first kappa shape index (κ1) is 10.5. The highest BCUT2D eigenvalue weighted by atomic mass is 16.6. The first-order chi connectivity index (χ1) is 7.12. The lowest BCUT2D eigenvalue weighted by molar-refractivity contribution is 0.320. The second-order valence-electron chi connectivity index (χ2n) is 4.60. The summed E-state index contributed by atoms with van der Waals surface area (Å²) >= 11 is 0. The summed E-state index contributed by atoms with van der Waals surface area (Å²) in [6, 6.07) is 8.24. The summed E-state index contributed by atoms with van der Waals surface area (Å²) < 4.78 is 10.7. The zero-order valence-corrected chi connectivity index (χ0v) is 9.62. The molecule has 2 rings (SSSR count). The average Bonchev–Trinajstić information content (AvgIpc) is 2.84. The molecule has 0 spiro atoms. The van der Waals surface area contributed by atoms with Crippen LogP contribution < -0.4 is 4.74 Å².